The van der Waals surface area contributed by atoms with Crippen LogP contribution in [0.25, 0.3) is 0 Å². The second kappa shape index (κ2) is 7.70. The zero-order chi connectivity index (χ0) is 17.7. The van der Waals surface area contributed by atoms with Crippen molar-refractivity contribution in [3.8, 4) is 0 Å². The first-order chi connectivity index (χ1) is 11.4. The van der Waals surface area contributed by atoms with Gasteiger partial charge in [0.1, 0.15) is 5.56 Å². The first-order valence-electron chi connectivity index (χ1n) is 7.67. The van der Waals surface area contributed by atoms with E-state index in [2.05, 4.69) is 5.32 Å². The largest absolute Gasteiger partial charge is 0.391 e. The van der Waals surface area contributed by atoms with Gasteiger partial charge in [0, 0.05) is 12.5 Å². The summed E-state index contributed by atoms with van der Waals surface area (Å²) < 4.78 is 0. The molecule has 0 bridgehead atoms. The van der Waals surface area contributed by atoms with Gasteiger partial charge in [0.2, 0.25) is 0 Å². The summed E-state index contributed by atoms with van der Waals surface area (Å²) in [6.07, 6.45) is -0.405. The molecule has 0 saturated carbocycles. The topological polar surface area (TPSA) is 92.5 Å². The van der Waals surface area contributed by atoms with Gasteiger partial charge in [0.05, 0.1) is 17.1 Å². The van der Waals surface area contributed by atoms with E-state index in [4.69, 9.17) is 0 Å². The van der Waals surface area contributed by atoms with E-state index < -0.39 is 23.0 Å². The van der Waals surface area contributed by atoms with Gasteiger partial charge in [-0.1, -0.05) is 42.5 Å². The first kappa shape index (κ1) is 17.6. The molecule has 2 N–H and O–H groups in total. The van der Waals surface area contributed by atoms with Crippen LogP contribution in [-0.2, 0) is 6.42 Å². The Morgan fingerprint density at radius 3 is 2.50 bits per heavy atom. The molecular weight excluding hydrogens is 308 g/mol. The van der Waals surface area contributed by atoms with Gasteiger partial charge < -0.3 is 10.4 Å². The lowest BCUT2D eigenvalue weighted by molar-refractivity contribution is -0.385. The van der Waals surface area contributed by atoms with Crippen LogP contribution in [-0.4, -0.2) is 28.1 Å². The summed E-state index contributed by atoms with van der Waals surface area (Å²) in [7, 11) is 0. The van der Waals surface area contributed by atoms with Gasteiger partial charge in [-0.25, -0.2) is 0 Å². The van der Waals surface area contributed by atoms with Crippen LogP contribution in [0, 0.1) is 17.0 Å². The number of nitrogens with zero attached hydrogens (tertiary/aromatic N) is 1. The normalized spacial score (nSPS) is 13.1. The average molecular weight is 328 g/mol. The standard InChI is InChI=1S/C18H20N2O4/c1-12-7-6-10-15(20(23)24)17(12)18(22)19-13(2)16(21)11-14-8-4-3-5-9-14/h3-10,13,16,21H,11H2,1-2H3,(H,19,22)/t13-,16+/m1/s1. The maximum Gasteiger partial charge on any atom is 0.282 e. The summed E-state index contributed by atoms with van der Waals surface area (Å²) in [4.78, 5) is 23.0. The molecule has 0 aliphatic rings. The number of hydrogen-bond donors (Lipinski definition) is 2. The number of benzene rings is 2. The second-order valence-electron chi connectivity index (χ2n) is 5.75. The molecule has 1 amide bonds. The average Bonchev–Trinajstić information content (AvgIpc) is 2.55. The molecule has 126 valence electrons. The number of hydrogen-bond acceptors (Lipinski definition) is 4. The number of nitrogens with one attached hydrogen (secondary N) is 1. The van der Waals surface area contributed by atoms with E-state index in [-0.39, 0.29) is 11.3 Å². The van der Waals surface area contributed by atoms with Crippen molar-refractivity contribution in [1.82, 2.24) is 5.32 Å². The number of aryl methyl sites for hydroxylation is 1. The summed E-state index contributed by atoms with van der Waals surface area (Å²) in [5.74, 6) is -0.556. The Balaban J connectivity index is 2.10. The lowest BCUT2D eigenvalue weighted by Gasteiger charge is -2.21. The fourth-order valence-electron chi connectivity index (χ4n) is 2.51. The minimum atomic E-state index is -0.792. The third-order valence-corrected chi connectivity index (χ3v) is 3.90. The molecule has 2 aromatic carbocycles. The predicted octanol–water partition coefficient (Wildman–Crippen LogP) is 2.63. The van der Waals surface area contributed by atoms with E-state index in [0.29, 0.717) is 12.0 Å². The molecule has 0 fully saturated rings. The van der Waals surface area contributed by atoms with E-state index in [1.165, 1.54) is 12.1 Å². The van der Waals surface area contributed by atoms with Crippen molar-refractivity contribution in [1.29, 1.82) is 0 Å². The van der Waals surface area contributed by atoms with Crippen molar-refractivity contribution in [2.75, 3.05) is 0 Å². The molecule has 2 aromatic rings. The van der Waals surface area contributed by atoms with Gasteiger partial charge in [-0.15, -0.1) is 0 Å². The summed E-state index contributed by atoms with van der Waals surface area (Å²) in [5.41, 5.74) is 1.26. The van der Waals surface area contributed by atoms with Crippen LogP contribution in [0.3, 0.4) is 0 Å². The number of carbonyl (C=O) groups is 1. The van der Waals surface area contributed by atoms with Crippen molar-refractivity contribution in [3.63, 3.8) is 0 Å². The van der Waals surface area contributed by atoms with Crippen molar-refractivity contribution in [3.05, 3.63) is 75.3 Å². The number of carbonyl (C=O) groups excluding carboxylic acids is 1. The summed E-state index contributed by atoms with van der Waals surface area (Å²) in [5, 5.41) is 24.0. The van der Waals surface area contributed by atoms with Crippen molar-refractivity contribution in [2.45, 2.75) is 32.4 Å². The molecule has 0 aliphatic heterocycles. The van der Waals surface area contributed by atoms with Gasteiger partial charge in [-0.05, 0) is 25.0 Å². The fraction of sp³-hybridized carbons (Fsp3) is 0.278. The van der Waals surface area contributed by atoms with Crippen LogP contribution in [0.4, 0.5) is 5.69 Å². The monoisotopic (exact) mass is 328 g/mol. The van der Waals surface area contributed by atoms with Crippen LogP contribution >= 0.6 is 0 Å². The number of nitro groups is 1. The lowest BCUT2D eigenvalue weighted by Crippen LogP contribution is -2.42. The molecule has 6 heteroatoms. The van der Waals surface area contributed by atoms with E-state index in [1.54, 1.807) is 19.9 Å². The molecule has 0 aromatic heterocycles. The van der Waals surface area contributed by atoms with Crippen LogP contribution in [0.5, 0.6) is 0 Å². The van der Waals surface area contributed by atoms with Crippen LogP contribution in [0.15, 0.2) is 48.5 Å². The van der Waals surface area contributed by atoms with Crippen LogP contribution in [0.2, 0.25) is 0 Å². The maximum atomic E-state index is 12.4. The van der Waals surface area contributed by atoms with E-state index in [9.17, 15) is 20.0 Å². The Bertz CT molecular complexity index is 731. The molecular formula is C18H20N2O4. The fourth-order valence-corrected chi connectivity index (χ4v) is 2.51. The number of nitro benzene ring substituents is 1. The summed E-state index contributed by atoms with van der Waals surface area (Å²) in [6, 6.07) is 13.4. The van der Waals surface area contributed by atoms with Gasteiger partial charge in [0.15, 0.2) is 0 Å². The Hall–Kier alpha value is -2.73. The third-order valence-electron chi connectivity index (χ3n) is 3.90. The first-order valence-corrected chi connectivity index (χ1v) is 7.67. The smallest absolute Gasteiger partial charge is 0.282 e. The quantitative estimate of drug-likeness (QED) is 0.630. The highest BCUT2D eigenvalue weighted by Gasteiger charge is 2.25. The Morgan fingerprint density at radius 2 is 1.88 bits per heavy atom. The summed E-state index contributed by atoms with van der Waals surface area (Å²) >= 11 is 0. The van der Waals surface area contributed by atoms with E-state index >= 15 is 0 Å². The molecule has 0 spiro atoms. The molecule has 24 heavy (non-hydrogen) atoms. The zero-order valence-corrected chi connectivity index (χ0v) is 13.6. The molecule has 0 radical (unpaired) electrons. The minimum absolute atomic E-state index is 0.0289. The molecule has 0 heterocycles. The van der Waals surface area contributed by atoms with Crippen molar-refractivity contribution in [2.24, 2.45) is 0 Å². The highest BCUT2D eigenvalue weighted by molar-refractivity contribution is 5.99. The summed E-state index contributed by atoms with van der Waals surface area (Å²) in [6.45, 7) is 3.32. The van der Waals surface area contributed by atoms with Crippen LogP contribution in [0.1, 0.15) is 28.4 Å². The number of aliphatic hydroxyl groups is 1. The van der Waals surface area contributed by atoms with E-state index in [0.717, 1.165) is 5.56 Å². The van der Waals surface area contributed by atoms with Crippen molar-refractivity contribution < 1.29 is 14.8 Å². The number of amides is 1. The molecule has 0 unspecified atom stereocenters. The van der Waals surface area contributed by atoms with E-state index in [1.807, 2.05) is 30.3 Å². The molecule has 2 rings (SSSR count). The maximum absolute atomic E-state index is 12.4. The number of rotatable bonds is 6. The molecule has 6 nitrogen and oxygen atoms in total. The Morgan fingerprint density at radius 1 is 1.21 bits per heavy atom. The molecule has 0 saturated heterocycles. The van der Waals surface area contributed by atoms with Gasteiger partial charge in [-0.2, -0.15) is 0 Å². The molecule has 0 aliphatic carbocycles. The minimum Gasteiger partial charge on any atom is -0.391 e. The molecule has 2 atom stereocenters. The number of aliphatic hydroxyl groups excluding tert-OH is 1. The SMILES string of the molecule is Cc1cccc([N+](=O)[O-])c1C(=O)N[C@H](C)[C@@H](O)Cc1ccccc1. The highest BCUT2D eigenvalue weighted by atomic mass is 16.6. The zero-order valence-electron chi connectivity index (χ0n) is 13.6. The van der Waals surface area contributed by atoms with Gasteiger partial charge in [-0.3, -0.25) is 14.9 Å². The van der Waals surface area contributed by atoms with Gasteiger partial charge >= 0.3 is 0 Å². The highest BCUT2D eigenvalue weighted by Crippen LogP contribution is 2.22. The Kier molecular flexibility index (Phi) is 5.65. The van der Waals surface area contributed by atoms with Gasteiger partial charge in [0.25, 0.3) is 11.6 Å². The Labute approximate surface area is 140 Å². The lowest BCUT2D eigenvalue weighted by atomic mass is 10.0. The van der Waals surface area contributed by atoms with Crippen LogP contribution < -0.4 is 5.32 Å². The second-order valence-corrected chi connectivity index (χ2v) is 5.75. The third kappa shape index (κ3) is 4.17. The van der Waals surface area contributed by atoms with Crippen molar-refractivity contribution >= 4 is 11.6 Å². The predicted molar refractivity (Wildman–Crippen MR) is 90.9 cm³/mol.